The average molecular weight is 345 g/mol. The van der Waals surface area contributed by atoms with Crippen molar-refractivity contribution in [3.63, 3.8) is 0 Å². The molecule has 0 aromatic heterocycles. The summed E-state index contributed by atoms with van der Waals surface area (Å²) in [5, 5.41) is 1.94. The largest absolute Gasteiger partial charge is 0.412 e. The SMILES string of the molecule is O=P(CCCN=C=S)(OCC(F)(F)F)OCC(F)(F)F. The van der Waals surface area contributed by atoms with Crippen molar-refractivity contribution in [1.29, 1.82) is 0 Å². The summed E-state index contributed by atoms with van der Waals surface area (Å²) in [4.78, 5) is 3.38. The number of isothiocyanates is 1. The van der Waals surface area contributed by atoms with Crippen molar-refractivity contribution in [1.82, 2.24) is 0 Å². The topological polar surface area (TPSA) is 47.9 Å². The molecule has 0 atom stereocenters. The minimum Gasteiger partial charge on any atom is -0.299 e. The fourth-order valence-electron chi connectivity index (χ4n) is 0.899. The second-order valence-electron chi connectivity index (χ2n) is 3.44. The van der Waals surface area contributed by atoms with Crippen molar-refractivity contribution < 1.29 is 40.0 Å². The van der Waals surface area contributed by atoms with Crippen LogP contribution in [0, 0.1) is 0 Å². The summed E-state index contributed by atoms with van der Waals surface area (Å²) < 4.78 is 91.3. The highest BCUT2D eigenvalue weighted by Crippen LogP contribution is 2.50. The smallest absolute Gasteiger partial charge is 0.299 e. The summed E-state index contributed by atoms with van der Waals surface area (Å²) in [5.74, 6) is 0. The zero-order chi connectivity index (χ0) is 15.9. The van der Waals surface area contributed by atoms with E-state index in [0.717, 1.165) is 0 Å². The number of hydrogen-bond donors (Lipinski definition) is 0. The third-order valence-corrected chi connectivity index (χ3v) is 3.65. The molecule has 0 aliphatic rings. The van der Waals surface area contributed by atoms with Crippen LogP contribution in [0.1, 0.15) is 6.42 Å². The maximum absolute atomic E-state index is 11.9. The fourth-order valence-corrected chi connectivity index (χ4v) is 2.54. The standard InChI is InChI=1S/C8H10F6NO3PS/c9-7(10,11)4-17-19(16,3-1-2-15-6-20)18-5-8(12,13)14/h1-5H2. The van der Waals surface area contributed by atoms with E-state index in [-0.39, 0.29) is 13.0 Å². The Labute approximate surface area is 115 Å². The lowest BCUT2D eigenvalue weighted by Crippen LogP contribution is -2.20. The first-order chi connectivity index (χ1) is 8.97. The van der Waals surface area contributed by atoms with E-state index in [2.05, 4.69) is 26.3 Å². The first kappa shape index (κ1) is 19.5. The highest BCUT2D eigenvalue weighted by atomic mass is 32.1. The molecule has 0 unspecified atom stereocenters. The third kappa shape index (κ3) is 11.4. The summed E-state index contributed by atoms with van der Waals surface area (Å²) in [6.07, 6.45) is -10.4. The van der Waals surface area contributed by atoms with E-state index >= 15 is 0 Å². The van der Waals surface area contributed by atoms with Crippen LogP contribution in [0.5, 0.6) is 0 Å². The highest BCUT2D eigenvalue weighted by Gasteiger charge is 2.38. The van der Waals surface area contributed by atoms with Crippen LogP contribution in [0.2, 0.25) is 0 Å². The quantitative estimate of drug-likeness (QED) is 0.221. The summed E-state index contributed by atoms with van der Waals surface area (Å²) in [5.41, 5.74) is 0. The second kappa shape index (κ2) is 8.09. The molecule has 0 saturated heterocycles. The molecular weight excluding hydrogens is 335 g/mol. The first-order valence-corrected chi connectivity index (χ1v) is 7.16. The van der Waals surface area contributed by atoms with Crippen molar-refractivity contribution >= 4 is 25.0 Å². The van der Waals surface area contributed by atoms with Gasteiger partial charge in [0.15, 0.2) is 13.2 Å². The van der Waals surface area contributed by atoms with Gasteiger partial charge in [-0.1, -0.05) is 0 Å². The first-order valence-electron chi connectivity index (χ1n) is 5.03. The molecule has 0 aliphatic carbocycles. The fraction of sp³-hybridized carbons (Fsp3) is 0.875. The molecule has 0 heterocycles. The van der Waals surface area contributed by atoms with E-state index in [9.17, 15) is 30.9 Å². The summed E-state index contributed by atoms with van der Waals surface area (Å²) in [6.45, 7) is -3.98. The van der Waals surface area contributed by atoms with Crippen LogP contribution in [0.4, 0.5) is 26.3 Å². The van der Waals surface area contributed by atoms with Gasteiger partial charge in [0.2, 0.25) is 0 Å². The molecule has 0 bridgehead atoms. The molecule has 0 spiro atoms. The third-order valence-electron chi connectivity index (χ3n) is 1.62. The van der Waals surface area contributed by atoms with Crippen molar-refractivity contribution in [2.24, 2.45) is 4.99 Å². The van der Waals surface area contributed by atoms with Crippen LogP contribution in [0.25, 0.3) is 0 Å². The van der Waals surface area contributed by atoms with Gasteiger partial charge < -0.3 is 0 Å². The Balaban J connectivity index is 4.57. The van der Waals surface area contributed by atoms with Gasteiger partial charge in [-0.05, 0) is 18.6 Å². The molecule has 0 rings (SSSR count). The molecular formula is C8H10F6NO3PS. The number of halogens is 6. The van der Waals surface area contributed by atoms with E-state index in [1.807, 2.05) is 5.16 Å². The van der Waals surface area contributed by atoms with Crippen molar-refractivity contribution in [3.05, 3.63) is 0 Å². The number of thiocarbonyl (C=S) groups is 1. The maximum Gasteiger partial charge on any atom is 0.412 e. The molecule has 0 amide bonds. The Kier molecular flexibility index (Phi) is 7.90. The zero-order valence-electron chi connectivity index (χ0n) is 9.83. The Morgan fingerprint density at radius 1 is 1.05 bits per heavy atom. The molecule has 20 heavy (non-hydrogen) atoms. The molecule has 0 aliphatic heterocycles. The number of nitrogens with zero attached hydrogens (tertiary/aromatic N) is 1. The van der Waals surface area contributed by atoms with Crippen LogP contribution in [-0.4, -0.2) is 43.4 Å². The summed E-state index contributed by atoms with van der Waals surface area (Å²) >= 11 is 4.21. The number of aliphatic imine (C=N–C) groups is 1. The predicted molar refractivity (Wildman–Crippen MR) is 61.0 cm³/mol. The summed E-state index contributed by atoms with van der Waals surface area (Å²) in [7, 11) is -4.51. The van der Waals surface area contributed by atoms with Gasteiger partial charge in [-0.3, -0.25) is 13.6 Å². The second-order valence-corrected chi connectivity index (χ2v) is 5.81. The van der Waals surface area contributed by atoms with Crippen molar-refractivity contribution in [2.75, 3.05) is 25.9 Å². The predicted octanol–water partition coefficient (Wildman–Crippen LogP) is 3.83. The van der Waals surface area contributed by atoms with Crippen LogP contribution in [0.15, 0.2) is 4.99 Å². The van der Waals surface area contributed by atoms with Gasteiger partial charge in [0, 0.05) is 6.54 Å². The molecule has 0 saturated carbocycles. The summed E-state index contributed by atoms with van der Waals surface area (Å²) in [6, 6.07) is 0. The van der Waals surface area contributed by atoms with Gasteiger partial charge in [-0.2, -0.15) is 26.3 Å². The average Bonchev–Trinajstić information content (AvgIpc) is 2.29. The Morgan fingerprint density at radius 3 is 1.85 bits per heavy atom. The van der Waals surface area contributed by atoms with Crippen LogP contribution in [0.3, 0.4) is 0 Å². The number of alkyl halides is 6. The highest BCUT2D eigenvalue weighted by molar-refractivity contribution is 7.78. The van der Waals surface area contributed by atoms with Gasteiger partial charge in [-0.25, -0.2) is 4.99 Å². The van der Waals surface area contributed by atoms with Gasteiger partial charge in [-0.15, -0.1) is 0 Å². The normalized spacial score (nSPS) is 13.1. The monoisotopic (exact) mass is 345 g/mol. The van der Waals surface area contributed by atoms with E-state index < -0.39 is 39.3 Å². The number of hydrogen-bond acceptors (Lipinski definition) is 5. The lowest BCUT2D eigenvalue weighted by molar-refractivity contribution is -0.165. The molecule has 0 aromatic rings. The molecule has 0 radical (unpaired) electrons. The van der Waals surface area contributed by atoms with Crippen molar-refractivity contribution in [3.8, 4) is 0 Å². The Bertz CT molecular complexity index is 371. The Morgan fingerprint density at radius 2 is 1.50 bits per heavy atom. The van der Waals surface area contributed by atoms with E-state index in [1.165, 1.54) is 0 Å². The van der Waals surface area contributed by atoms with Crippen LogP contribution in [-0.2, 0) is 13.6 Å². The lowest BCUT2D eigenvalue weighted by atomic mass is 10.5. The van der Waals surface area contributed by atoms with E-state index in [0.29, 0.717) is 0 Å². The molecule has 12 heteroatoms. The molecule has 4 nitrogen and oxygen atoms in total. The zero-order valence-corrected chi connectivity index (χ0v) is 11.5. The molecule has 0 fully saturated rings. The van der Waals surface area contributed by atoms with Gasteiger partial charge in [0.25, 0.3) is 0 Å². The van der Waals surface area contributed by atoms with E-state index in [1.54, 1.807) is 0 Å². The Hall–Kier alpha value is -0.470. The number of rotatable bonds is 8. The minimum absolute atomic E-state index is 0.0573. The van der Waals surface area contributed by atoms with Gasteiger partial charge in [0.1, 0.15) is 0 Å². The van der Waals surface area contributed by atoms with Gasteiger partial charge in [0.05, 0.1) is 11.3 Å². The van der Waals surface area contributed by atoms with Crippen molar-refractivity contribution in [2.45, 2.75) is 18.8 Å². The molecule has 118 valence electrons. The maximum atomic E-state index is 11.9. The van der Waals surface area contributed by atoms with Crippen LogP contribution < -0.4 is 0 Å². The minimum atomic E-state index is -4.83. The lowest BCUT2D eigenvalue weighted by Gasteiger charge is -2.19. The van der Waals surface area contributed by atoms with Gasteiger partial charge >= 0.3 is 19.9 Å². The van der Waals surface area contributed by atoms with Crippen LogP contribution >= 0.6 is 19.8 Å². The van der Waals surface area contributed by atoms with E-state index in [4.69, 9.17) is 0 Å². The molecule has 0 N–H and O–H groups in total. The molecule has 0 aromatic carbocycles.